The third-order valence-electron chi connectivity index (χ3n) is 3.80. The van der Waals surface area contributed by atoms with Gasteiger partial charge in [0.1, 0.15) is 0 Å². The molecule has 0 aromatic heterocycles. The van der Waals surface area contributed by atoms with Crippen LogP contribution in [-0.4, -0.2) is 0 Å². The van der Waals surface area contributed by atoms with E-state index in [4.69, 9.17) is 0 Å². The Morgan fingerprint density at radius 3 is 2.26 bits per heavy atom. The molecular weight excluding hydrogens is 228 g/mol. The molecule has 3 rings (SSSR count). The highest BCUT2D eigenvalue weighted by Crippen LogP contribution is 2.30. The molecule has 0 nitrogen and oxygen atoms in total. The molecule has 0 saturated heterocycles. The molecule has 0 radical (unpaired) electrons. The second kappa shape index (κ2) is 4.55. The lowest BCUT2D eigenvalue weighted by Gasteiger charge is -2.10. The van der Waals surface area contributed by atoms with E-state index in [-0.39, 0.29) is 0 Å². The van der Waals surface area contributed by atoms with Gasteiger partial charge in [0.2, 0.25) is 0 Å². The number of rotatable bonds is 1. The molecule has 0 N–H and O–H groups in total. The van der Waals surface area contributed by atoms with Crippen LogP contribution in [-0.2, 0) is 0 Å². The molecule has 0 saturated carbocycles. The fourth-order valence-corrected chi connectivity index (χ4v) is 2.83. The first-order valence-electron chi connectivity index (χ1n) is 6.76. The Balaban J connectivity index is 2.47. The maximum absolute atomic E-state index is 2.31. The van der Waals surface area contributed by atoms with Crippen molar-refractivity contribution in [1.82, 2.24) is 0 Å². The molecule has 0 aliphatic carbocycles. The monoisotopic (exact) mass is 246 g/mol. The first kappa shape index (κ1) is 12.0. The van der Waals surface area contributed by atoms with E-state index in [0.29, 0.717) is 0 Å². The van der Waals surface area contributed by atoms with Crippen LogP contribution in [0.5, 0.6) is 0 Å². The lowest BCUT2D eigenvalue weighted by atomic mass is 9.94. The van der Waals surface area contributed by atoms with Crippen LogP contribution in [0, 0.1) is 13.8 Å². The summed E-state index contributed by atoms with van der Waals surface area (Å²) in [5.74, 6) is 0. The van der Waals surface area contributed by atoms with Crippen LogP contribution in [0.3, 0.4) is 0 Å². The minimum atomic E-state index is 1.31. The Labute approximate surface area is 114 Å². The van der Waals surface area contributed by atoms with Crippen LogP contribution in [0.4, 0.5) is 0 Å². The Kier molecular flexibility index (Phi) is 2.87. The molecule has 0 bridgehead atoms. The maximum Gasteiger partial charge on any atom is -0.0102 e. The quantitative estimate of drug-likeness (QED) is 0.487. The third kappa shape index (κ3) is 1.94. The Morgan fingerprint density at radius 1 is 0.789 bits per heavy atom. The zero-order chi connectivity index (χ0) is 13.4. The van der Waals surface area contributed by atoms with E-state index in [2.05, 4.69) is 75.4 Å². The molecule has 0 amide bonds. The number of hydrogen-bond acceptors (Lipinski definition) is 0. The first-order valence-corrected chi connectivity index (χ1v) is 6.76. The van der Waals surface area contributed by atoms with Crippen molar-refractivity contribution in [2.24, 2.45) is 0 Å². The summed E-state index contributed by atoms with van der Waals surface area (Å²) in [6, 6.07) is 15.6. The third-order valence-corrected chi connectivity index (χ3v) is 3.80. The second-order valence-corrected chi connectivity index (χ2v) is 5.17. The van der Waals surface area contributed by atoms with Crippen molar-refractivity contribution in [3.05, 3.63) is 65.2 Å². The summed E-state index contributed by atoms with van der Waals surface area (Å²) < 4.78 is 0. The van der Waals surface area contributed by atoms with Gasteiger partial charge in [0, 0.05) is 0 Å². The fraction of sp³-hybridized carbons (Fsp3) is 0.158. The van der Waals surface area contributed by atoms with Crippen molar-refractivity contribution in [3.63, 3.8) is 0 Å². The zero-order valence-corrected chi connectivity index (χ0v) is 11.7. The van der Waals surface area contributed by atoms with E-state index in [9.17, 15) is 0 Å². The highest BCUT2D eigenvalue weighted by molar-refractivity contribution is 6.09. The second-order valence-electron chi connectivity index (χ2n) is 5.17. The van der Waals surface area contributed by atoms with E-state index in [1.54, 1.807) is 0 Å². The topological polar surface area (TPSA) is 0 Å². The van der Waals surface area contributed by atoms with E-state index in [1.165, 1.54) is 38.2 Å². The summed E-state index contributed by atoms with van der Waals surface area (Å²) in [5.41, 5.74) is 3.99. The van der Waals surface area contributed by atoms with Crippen LogP contribution in [0.15, 0.2) is 48.5 Å². The van der Waals surface area contributed by atoms with Crippen LogP contribution in [0.25, 0.3) is 27.6 Å². The predicted molar refractivity (Wildman–Crippen MR) is 85.6 cm³/mol. The number of fused-ring (bicyclic) bond motifs is 3. The van der Waals surface area contributed by atoms with Gasteiger partial charge in [-0.1, -0.05) is 48.6 Å². The van der Waals surface area contributed by atoms with Crippen LogP contribution >= 0.6 is 0 Å². The maximum atomic E-state index is 2.31. The van der Waals surface area contributed by atoms with Crippen LogP contribution in [0.2, 0.25) is 0 Å². The van der Waals surface area contributed by atoms with Crippen molar-refractivity contribution in [2.45, 2.75) is 20.8 Å². The Bertz CT molecular complexity index is 792. The largest absolute Gasteiger partial charge is 0.0871 e. The van der Waals surface area contributed by atoms with Gasteiger partial charge in [-0.15, -0.1) is 0 Å². The van der Waals surface area contributed by atoms with Crippen LogP contribution < -0.4 is 0 Å². The number of allylic oxidation sites excluding steroid dienone is 1. The van der Waals surface area contributed by atoms with Crippen molar-refractivity contribution in [1.29, 1.82) is 0 Å². The van der Waals surface area contributed by atoms with Gasteiger partial charge in [-0.3, -0.25) is 0 Å². The molecule has 0 spiro atoms. The lowest BCUT2D eigenvalue weighted by Crippen LogP contribution is -1.86. The highest BCUT2D eigenvalue weighted by Gasteiger charge is 2.05. The van der Waals surface area contributed by atoms with Crippen molar-refractivity contribution in [3.8, 4) is 0 Å². The lowest BCUT2D eigenvalue weighted by molar-refractivity contribution is 1.47. The summed E-state index contributed by atoms with van der Waals surface area (Å²) in [5, 5.41) is 5.39. The number of aryl methyl sites for hydroxylation is 2. The van der Waals surface area contributed by atoms with E-state index in [1.807, 2.05) is 0 Å². The zero-order valence-electron chi connectivity index (χ0n) is 11.7. The van der Waals surface area contributed by atoms with Gasteiger partial charge >= 0.3 is 0 Å². The average molecular weight is 246 g/mol. The van der Waals surface area contributed by atoms with Crippen molar-refractivity contribution < 1.29 is 0 Å². The molecular formula is C19H18. The molecule has 0 heterocycles. The van der Waals surface area contributed by atoms with Gasteiger partial charge in [-0.25, -0.2) is 0 Å². The Morgan fingerprint density at radius 2 is 1.53 bits per heavy atom. The van der Waals surface area contributed by atoms with Gasteiger partial charge in [0.15, 0.2) is 0 Å². The van der Waals surface area contributed by atoms with Crippen molar-refractivity contribution >= 4 is 27.6 Å². The van der Waals surface area contributed by atoms with Gasteiger partial charge in [0.25, 0.3) is 0 Å². The van der Waals surface area contributed by atoms with Crippen molar-refractivity contribution in [2.75, 3.05) is 0 Å². The standard InChI is InChI=1S/C19H18/c1-4-7-15-12-16-10-14(3)17-8-5-6-9-18(17)19(16)11-13(15)2/h4-12H,1-3H3/b7-4-. The first-order chi connectivity index (χ1) is 9.20. The minimum Gasteiger partial charge on any atom is -0.0871 e. The smallest absolute Gasteiger partial charge is 0.0102 e. The molecule has 3 aromatic rings. The molecule has 0 unspecified atom stereocenters. The molecule has 94 valence electrons. The molecule has 0 atom stereocenters. The van der Waals surface area contributed by atoms with E-state index >= 15 is 0 Å². The van der Waals surface area contributed by atoms with Gasteiger partial charge < -0.3 is 0 Å². The average Bonchev–Trinajstić information content (AvgIpc) is 2.42. The number of hydrogen-bond donors (Lipinski definition) is 0. The summed E-state index contributed by atoms with van der Waals surface area (Å²) in [6.07, 6.45) is 4.28. The van der Waals surface area contributed by atoms with E-state index < -0.39 is 0 Å². The van der Waals surface area contributed by atoms with E-state index in [0.717, 1.165) is 0 Å². The van der Waals surface area contributed by atoms with Gasteiger partial charge in [0.05, 0.1) is 0 Å². The highest BCUT2D eigenvalue weighted by atomic mass is 14.1. The summed E-state index contributed by atoms with van der Waals surface area (Å²) in [6.45, 7) is 6.44. The molecule has 0 aliphatic rings. The summed E-state index contributed by atoms with van der Waals surface area (Å²) in [7, 11) is 0. The van der Waals surface area contributed by atoms with Gasteiger partial charge in [-0.05, 0) is 65.1 Å². The predicted octanol–water partition coefficient (Wildman–Crippen LogP) is 5.64. The molecule has 3 aromatic carbocycles. The SMILES string of the molecule is C/C=C\c1cc2cc(C)c3ccccc3c2cc1C. The minimum absolute atomic E-state index is 1.31. The van der Waals surface area contributed by atoms with Gasteiger partial charge in [-0.2, -0.15) is 0 Å². The van der Waals surface area contributed by atoms with Crippen LogP contribution in [0.1, 0.15) is 23.6 Å². The molecule has 0 heteroatoms. The molecule has 0 aliphatic heterocycles. The fourth-order valence-electron chi connectivity index (χ4n) is 2.83. The summed E-state index contributed by atoms with van der Waals surface area (Å²) >= 11 is 0. The summed E-state index contributed by atoms with van der Waals surface area (Å²) in [4.78, 5) is 0. The molecule has 19 heavy (non-hydrogen) atoms. The number of benzene rings is 3. The molecule has 0 fully saturated rings. The normalized spacial score (nSPS) is 11.7. The Hall–Kier alpha value is -2.08.